The minimum atomic E-state index is 0.576. The lowest BCUT2D eigenvalue weighted by molar-refractivity contribution is 0.118. The topological polar surface area (TPSA) is 47.0 Å². The molecule has 0 saturated heterocycles. The number of nitrogens with one attached hydrogen (secondary N) is 1. The number of rotatable bonds is 6. The molecule has 104 valence electrons. The Hall–Kier alpha value is -1.20. The summed E-state index contributed by atoms with van der Waals surface area (Å²) in [5.74, 6) is 1.49. The van der Waals surface area contributed by atoms with Crippen molar-refractivity contribution in [1.82, 2.24) is 9.97 Å². The van der Waals surface area contributed by atoms with Crippen molar-refractivity contribution in [2.24, 2.45) is 5.92 Å². The minimum Gasteiger partial charge on any atom is -0.379 e. The predicted octanol–water partition coefficient (Wildman–Crippen LogP) is 3.39. The molecule has 2 rings (SSSR count). The van der Waals surface area contributed by atoms with Gasteiger partial charge in [-0.3, -0.25) is 0 Å². The smallest absolute Gasteiger partial charge is 0.138 e. The van der Waals surface area contributed by atoms with Crippen molar-refractivity contribution in [2.45, 2.75) is 27.7 Å². The second kappa shape index (κ2) is 6.30. The molecule has 0 aromatic carbocycles. The van der Waals surface area contributed by atoms with Gasteiger partial charge in [-0.1, -0.05) is 13.8 Å². The maximum Gasteiger partial charge on any atom is 0.138 e. The average molecular weight is 279 g/mol. The van der Waals surface area contributed by atoms with E-state index in [4.69, 9.17) is 4.74 Å². The fraction of sp³-hybridized carbons (Fsp3) is 0.571. The van der Waals surface area contributed by atoms with Crippen molar-refractivity contribution in [3.8, 4) is 0 Å². The van der Waals surface area contributed by atoms with Gasteiger partial charge in [-0.15, -0.1) is 11.3 Å². The lowest BCUT2D eigenvalue weighted by atomic mass is 10.2. The first-order chi connectivity index (χ1) is 9.09. The lowest BCUT2D eigenvalue weighted by Gasteiger charge is -2.09. The van der Waals surface area contributed by atoms with Gasteiger partial charge in [0.15, 0.2) is 0 Å². The highest BCUT2D eigenvalue weighted by molar-refractivity contribution is 7.18. The lowest BCUT2D eigenvalue weighted by Crippen LogP contribution is -2.13. The molecule has 0 aliphatic heterocycles. The van der Waals surface area contributed by atoms with Crippen LogP contribution < -0.4 is 5.32 Å². The van der Waals surface area contributed by atoms with Crippen LogP contribution in [0.15, 0.2) is 6.33 Å². The predicted molar refractivity (Wildman–Crippen MR) is 81.0 cm³/mol. The molecule has 0 atom stereocenters. The molecule has 0 aliphatic rings. The number of aromatic nitrogens is 2. The Labute approximate surface area is 118 Å². The molecule has 19 heavy (non-hydrogen) atoms. The Morgan fingerprint density at radius 2 is 2.11 bits per heavy atom. The van der Waals surface area contributed by atoms with Crippen LogP contribution in [0.1, 0.15) is 24.3 Å². The number of anilines is 1. The van der Waals surface area contributed by atoms with Crippen LogP contribution in [0.4, 0.5) is 5.82 Å². The first-order valence-corrected chi connectivity index (χ1v) is 7.43. The van der Waals surface area contributed by atoms with E-state index in [1.807, 2.05) is 0 Å². The Morgan fingerprint density at radius 1 is 1.32 bits per heavy atom. The zero-order valence-corrected chi connectivity index (χ0v) is 12.8. The van der Waals surface area contributed by atoms with E-state index in [1.165, 1.54) is 10.4 Å². The molecule has 0 radical (unpaired) electrons. The van der Waals surface area contributed by atoms with Crippen LogP contribution in [0.25, 0.3) is 10.2 Å². The van der Waals surface area contributed by atoms with Crippen LogP contribution >= 0.6 is 11.3 Å². The highest BCUT2D eigenvalue weighted by Gasteiger charge is 2.11. The van der Waals surface area contributed by atoms with Gasteiger partial charge in [0, 0.05) is 18.0 Å². The maximum absolute atomic E-state index is 5.56. The molecule has 0 unspecified atom stereocenters. The molecule has 5 heteroatoms. The number of thiophene rings is 1. The van der Waals surface area contributed by atoms with Gasteiger partial charge in [0.1, 0.15) is 17.0 Å². The fourth-order valence-corrected chi connectivity index (χ4v) is 2.87. The quantitative estimate of drug-likeness (QED) is 0.823. The van der Waals surface area contributed by atoms with Crippen molar-refractivity contribution < 1.29 is 4.74 Å². The standard InChI is InChI=1S/C14H21N3OS/c1-9(2)7-18-6-5-15-13-12-10(3)11(4)19-14(12)17-8-16-13/h8-9H,5-7H2,1-4H3,(H,15,16,17). The van der Waals surface area contributed by atoms with Crippen LogP contribution in [0.5, 0.6) is 0 Å². The summed E-state index contributed by atoms with van der Waals surface area (Å²) in [6, 6.07) is 0. The van der Waals surface area contributed by atoms with Gasteiger partial charge in [-0.25, -0.2) is 9.97 Å². The first kappa shape index (κ1) is 14.2. The van der Waals surface area contributed by atoms with E-state index in [-0.39, 0.29) is 0 Å². The second-order valence-electron chi connectivity index (χ2n) is 5.08. The molecule has 2 heterocycles. The van der Waals surface area contributed by atoms with E-state index in [0.717, 1.165) is 29.2 Å². The summed E-state index contributed by atoms with van der Waals surface area (Å²) in [5.41, 5.74) is 1.27. The van der Waals surface area contributed by atoms with E-state index in [9.17, 15) is 0 Å². The molecule has 4 nitrogen and oxygen atoms in total. The average Bonchev–Trinajstić information content (AvgIpc) is 2.65. The minimum absolute atomic E-state index is 0.576. The molecule has 0 aliphatic carbocycles. The van der Waals surface area contributed by atoms with Crippen LogP contribution in [-0.2, 0) is 4.74 Å². The summed E-state index contributed by atoms with van der Waals surface area (Å²) in [6.45, 7) is 10.8. The monoisotopic (exact) mass is 279 g/mol. The fourth-order valence-electron chi connectivity index (χ4n) is 1.88. The van der Waals surface area contributed by atoms with Crippen molar-refractivity contribution in [3.63, 3.8) is 0 Å². The number of hydrogen-bond acceptors (Lipinski definition) is 5. The summed E-state index contributed by atoms with van der Waals surface area (Å²) < 4.78 is 5.56. The third-order valence-corrected chi connectivity index (χ3v) is 4.07. The Kier molecular flexibility index (Phi) is 4.71. The highest BCUT2D eigenvalue weighted by atomic mass is 32.1. The summed E-state index contributed by atoms with van der Waals surface area (Å²) in [5, 5.41) is 4.49. The van der Waals surface area contributed by atoms with E-state index < -0.39 is 0 Å². The van der Waals surface area contributed by atoms with E-state index in [1.54, 1.807) is 17.7 Å². The zero-order valence-electron chi connectivity index (χ0n) is 12.0. The summed E-state index contributed by atoms with van der Waals surface area (Å²) >= 11 is 1.72. The molecule has 2 aromatic heterocycles. The highest BCUT2D eigenvalue weighted by Crippen LogP contribution is 2.32. The third kappa shape index (κ3) is 3.42. The second-order valence-corrected chi connectivity index (χ2v) is 6.28. The summed E-state index contributed by atoms with van der Waals surface area (Å²) in [7, 11) is 0. The number of aryl methyl sites for hydroxylation is 2. The molecule has 2 aromatic rings. The Bertz CT molecular complexity index is 551. The van der Waals surface area contributed by atoms with Gasteiger partial charge >= 0.3 is 0 Å². The van der Waals surface area contributed by atoms with Gasteiger partial charge in [-0.2, -0.15) is 0 Å². The van der Waals surface area contributed by atoms with Crippen LogP contribution in [0, 0.1) is 19.8 Å². The first-order valence-electron chi connectivity index (χ1n) is 6.62. The number of nitrogens with zero attached hydrogens (tertiary/aromatic N) is 2. The molecule has 0 spiro atoms. The van der Waals surface area contributed by atoms with E-state index in [0.29, 0.717) is 12.5 Å². The molecular weight excluding hydrogens is 258 g/mol. The summed E-state index contributed by atoms with van der Waals surface area (Å²) in [4.78, 5) is 11.0. The van der Waals surface area contributed by atoms with Gasteiger partial charge in [0.25, 0.3) is 0 Å². The van der Waals surface area contributed by atoms with Gasteiger partial charge < -0.3 is 10.1 Å². The normalized spacial score (nSPS) is 11.4. The van der Waals surface area contributed by atoms with Crippen molar-refractivity contribution >= 4 is 27.4 Å². The van der Waals surface area contributed by atoms with E-state index in [2.05, 4.69) is 43.0 Å². The van der Waals surface area contributed by atoms with Gasteiger partial charge in [0.2, 0.25) is 0 Å². The Morgan fingerprint density at radius 3 is 2.84 bits per heavy atom. The zero-order chi connectivity index (χ0) is 13.8. The van der Waals surface area contributed by atoms with Crippen molar-refractivity contribution in [1.29, 1.82) is 0 Å². The molecule has 0 bridgehead atoms. The largest absolute Gasteiger partial charge is 0.379 e. The van der Waals surface area contributed by atoms with Crippen molar-refractivity contribution in [3.05, 3.63) is 16.8 Å². The van der Waals surface area contributed by atoms with Crippen LogP contribution in [0.3, 0.4) is 0 Å². The number of ether oxygens (including phenoxy) is 1. The maximum atomic E-state index is 5.56. The molecule has 0 amide bonds. The molecule has 0 fully saturated rings. The van der Waals surface area contributed by atoms with E-state index >= 15 is 0 Å². The van der Waals surface area contributed by atoms with Gasteiger partial charge in [0.05, 0.1) is 12.0 Å². The SMILES string of the molecule is Cc1sc2ncnc(NCCOCC(C)C)c2c1C. The summed E-state index contributed by atoms with van der Waals surface area (Å²) in [6.07, 6.45) is 1.62. The molecular formula is C14H21N3OS. The van der Waals surface area contributed by atoms with Crippen molar-refractivity contribution in [2.75, 3.05) is 25.1 Å². The third-order valence-electron chi connectivity index (χ3n) is 2.96. The van der Waals surface area contributed by atoms with Crippen LogP contribution in [-0.4, -0.2) is 29.7 Å². The number of fused-ring (bicyclic) bond motifs is 1. The van der Waals surface area contributed by atoms with Crippen LogP contribution in [0.2, 0.25) is 0 Å². The Balaban J connectivity index is 2.01. The molecule has 0 saturated carbocycles. The number of hydrogen-bond donors (Lipinski definition) is 1. The molecule has 1 N–H and O–H groups in total. The van der Waals surface area contributed by atoms with Gasteiger partial charge in [-0.05, 0) is 25.3 Å².